The van der Waals surface area contributed by atoms with Crippen molar-refractivity contribution >= 4 is 0 Å². The monoisotopic (exact) mass is 133 g/mol. The van der Waals surface area contributed by atoms with E-state index in [1.807, 2.05) is 36.9 Å². The van der Waals surface area contributed by atoms with E-state index < -0.39 is 0 Å². The third kappa shape index (κ3) is 1.14. The summed E-state index contributed by atoms with van der Waals surface area (Å²) in [5.41, 5.74) is 1.85. The highest BCUT2D eigenvalue weighted by Gasteiger charge is 1.99. The Hall–Kier alpha value is -1.36. The Morgan fingerprint density at radius 1 is 1.50 bits per heavy atom. The third-order valence-corrected chi connectivity index (χ3v) is 1.52. The zero-order valence-electron chi connectivity index (χ0n) is 6.13. The molecule has 1 heterocycles. The van der Waals surface area contributed by atoms with Crippen molar-refractivity contribution in [3.8, 4) is 6.07 Å². The van der Waals surface area contributed by atoms with Gasteiger partial charge >= 0.3 is 0 Å². The predicted molar refractivity (Wildman–Crippen MR) is 37.1 cm³/mol. The number of rotatable bonds is 0. The smallest absolute Gasteiger partial charge is 0.186 e. The van der Waals surface area contributed by atoms with Crippen LogP contribution >= 0.6 is 0 Å². The van der Waals surface area contributed by atoms with Crippen molar-refractivity contribution in [1.29, 1.82) is 5.26 Å². The first-order valence-corrected chi connectivity index (χ1v) is 3.10. The first-order valence-electron chi connectivity index (χ1n) is 3.10. The highest BCUT2D eigenvalue weighted by molar-refractivity contribution is 5.23. The predicted octanol–water partition coefficient (Wildman–Crippen LogP) is 0.691. The first-order chi connectivity index (χ1) is 4.74. The maximum Gasteiger partial charge on any atom is 0.186 e. The summed E-state index contributed by atoms with van der Waals surface area (Å²) >= 11 is 0. The Kier molecular flexibility index (Phi) is 1.68. The van der Waals surface area contributed by atoms with Crippen molar-refractivity contribution < 1.29 is 4.57 Å². The molecule has 0 N–H and O–H groups in total. The van der Waals surface area contributed by atoms with Crippen LogP contribution in [-0.2, 0) is 7.05 Å². The van der Waals surface area contributed by atoms with Crippen LogP contribution in [0.1, 0.15) is 11.3 Å². The van der Waals surface area contributed by atoms with Gasteiger partial charge in [0, 0.05) is 13.0 Å². The van der Waals surface area contributed by atoms with Gasteiger partial charge in [-0.2, -0.15) is 5.26 Å². The minimum Gasteiger partial charge on any atom is -0.204 e. The molecule has 10 heavy (non-hydrogen) atoms. The molecule has 0 fully saturated rings. The number of aromatic nitrogens is 1. The molecule has 0 amide bonds. The summed E-state index contributed by atoms with van der Waals surface area (Å²) in [7, 11) is 1.93. The van der Waals surface area contributed by atoms with Gasteiger partial charge in [0.25, 0.3) is 0 Å². The standard InChI is InChI=1S/C8H9N2/c1-7-3-4-8(5-9)6-10(7)2/h3-4,6H,1-2H3/q+1. The summed E-state index contributed by atoms with van der Waals surface area (Å²) in [4.78, 5) is 0. The summed E-state index contributed by atoms with van der Waals surface area (Å²) in [6.45, 7) is 2.00. The number of pyridine rings is 1. The largest absolute Gasteiger partial charge is 0.204 e. The lowest BCUT2D eigenvalue weighted by Crippen LogP contribution is -2.31. The second-order valence-electron chi connectivity index (χ2n) is 2.28. The topological polar surface area (TPSA) is 27.7 Å². The minimum atomic E-state index is 0.702. The molecule has 1 rings (SSSR count). The van der Waals surface area contributed by atoms with Crippen LogP contribution in [0.25, 0.3) is 0 Å². The molecule has 0 aliphatic rings. The molecule has 0 saturated carbocycles. The van der Waals surface area contributed by atoms with Crippen molar-refractivity contribution in [2.75, 3.05) is 0 Å². The van der Waals surface area contributed by atoms with Crippen molar-refractivity contribution in [2.45, 2.75) is 6.92 Å². The molecular weight excluding hydrogens is 124 g/mol. The van der Waals surface area contributed by atoms with E-state index in [1.165, 1.54) is 0 Å². The number of nitriles is 1. The molecule has 0 atom stereocenters. The maximum absolute atomic E-state index is 8.49. The van der Waals surface area contributed by atoms with Crippen molar-refractivity contribution in [3.63, 3.8) is 0 Å². The highest BCUT2D eigenvalue weighted by Crippen LogP contribution is 1.93. The van der Waals surface area contributed by atoms with Gasteiger partial charge in [-0.05, 0) is 6.07 Å². The van der Waals surface area contributed by atoms with Crippen LogP contribution in [0.2, 0.25) is 0 Å². The van der Waals surface area contributed by atoms with Crippen LogP contribution in [0.5, 0.6) is 0 Å². The molecule has 0 aliphatic heterocycles. The second kappa shape index (κ2) is 2.49. The molecule has 50 valence electrons. The fourth-order valence-corrected chi connectivity index (χ4v) is 0.748. The van der Waals surface area contributed by atoms with E-state index in [0.29, 0.717) is 5.56 Å². The van der Waals surface area contributed by atoms with Crippen LogP contribution < -0.4 is 4.57 Å². The van der Waals surface area contributed by atoms with Crippen molar-refractivity contribution in [3.05, 3.63) is 29.6 Å². The van der Waals surface area contributed by atoms with Crippen LogP contribution in [-0.4, -0.2) is 0 Å². The number of hydrogen-bond donors (Lipinski definition) is 0. The normalized spacial score (nSPS) is 8.90. The zero-order valence-corrected chi connectivity index (χ0v) is 6.13. The lowest BCUT2D eigenvalue weighted by Gasteiger charge is -1.90. The van der Waals surface area contributed by atoms with Gasteiger partial charge in [0.2, 0.25) is 0 Å². The van der Waals surface area contributed by atoms with Gasteiger partial charge in [-0.3, -0.25) is 0 Å². The average Bonchev–Trinajstić information content (AvgIpc) is 1.95. The van der Waals surface area contributed by atoms with E-state index in [4.69, 9.17) is 5.26 Å². The Morgan fingerprint density at radius 3 is 2.70 bits per heavy atom. The van der Waals surface area contributed by atoms with E-state index in [2.05, 4.69) is 6.07 Å². The van der Waals surface area contributed by atoms with E-state index >= 15 is 0 Å². The van der Waals surface area contributed by atoms with Gasteiger partial charge < -0.3 is 0 Å². The van der Waals surface area contributed by atoms with E-state index in [-0.39, 0.29) is 0 Å². The summed E-state index contributed by atoms with van der Waals surface area (Å²) in [5.74, 6) is 0. The maximum atomic E-state index is 8.49. The number of aryl methyl sites for hydroxylation is 2. The molecule has 0 bridgehead atoms. The van der Waals surface area contributed by atoms with Crippen LogP contribution in [0, 0.1) is 18.3 Å². The first kappa shape index (κ1) is 6.76. The number of nitrogens with zero attached hydrogens (tertiary/aromatic N) is 2. The lowest BCUT2D eigenvalue weighted by atomic mass is 10.3. The Balaban J connectivity index is 3.20. The summed E-state index contributed by atoms with van der Waals surface area (Å²) in [5, 5.41) is 8.49. The van der Waals surface area contributed by atoms with E-state index in [0.717, 1.165) is 5.69 Å². The van der Waals surface area contributed by atoms with E-state index in [1.54, 1.807) is 0 Å². The molecule has 0 saturated heterocycles. The molecule has 1 aromatic rings. The summed E-state index contributed by atoms with van der Waals surface area (Å²) in [6.07, 6.45) is 1.81. The van der Waals surface area contributed by atoms with Gasteiger partial charge in [-0.15, -0.1) is 0 Å². The fraction of sp³-hybridized carbons (Fsp3) is 0.250. The second-order valence-corrected chi connectivity index (χ2v) is 2.28. The van der Waals surface area contributed by atoms with Gasteiger partial charge in [-0.1, -0.05) is 0 Å². The molecule has 0 aliphatic carbocycles. The van der Waals surface area contributed by atoms with Crippen LogP contribution in [0.3, 0.4) is 0 Å². The number of hydrogen-bond acceptors (Lipinski definition) is 1. The minimum absolute atomic E-state index is 0.702. The Morgan fingerprint density at radius 2 is 2.20 bits per heavy atom. The average molecular weight is 133 g/mol. The van der Waals surface area contributed by atoms with Crippen LogP contribution in [0.4, 0.5) is 0 Å². The Bertz CT molecular complexity index is 284. The third-order valence-electron chi connectivity index (χ3n) is 1.52. The van der Waals surface area contributed by atoms with Crippen LogP contribution in [0.15, 0.2) is 18.3 Å². The van der Waals surface area contributed by atoms with Gasteiger partial charge in [0.05, 0.1) is 0 Å². The summed E-state index contributed by atoms with van der Waals surface area (Å²) < 4.78 is 1.93. The molecule has 0 radical (unpaired) electrons. The molecule has 0 unspecified atom stereocenters. The quantitative estimate of drug-likeness (QED) is 0.478. The molecule has 2 heteroatoms. The fourth-order valence-electron chi connectivity index (χ4n) is 0.748. The van der Waals surface area contributed by atoms with Gasteiger partial charge in [-0.25, -0.2) is 4.57 Å². The zero-order chi connectivity index (χ0) is 7.56. The molecule has 0 spiro atoms. The van der Waals surface area contributed by atoms with Gasteiger partial charge in [0.1, 0.15) is 18.7 Å². The van der Waals surface area contributed by atoms with Crippen molar-refractivity contribution in [2.24, 2.45) is 7.05 Å². The van der Waals surface area contributed by atoms with Gasteiger partial charge in [0.15, 0.2) is 11.9 Å². The molecular formula is C8H9N2+. The SMILES string of the molecule is Cc1ccc(C#N)c[n+]1C. The highest BCUT2D eigenvalue weighted by atomic mass is 14.9. The molecule has 0 aromatic carbocycles. The summed E-state index contributed by atoms with van der Waals surface area (Å²) in [6, 6.07) is 5.82. The molecule has 1 aromatic heterocycles. The molecule has 2 nitrogen and oxygen atoms in total. The van der Waals surface area contributed by atoms with Crippen molar-refractivity contribution in [1.82, 2.24) is 0 Å². The Labute approximate surface area is 60.3 Å². The lowest BCUT2D eigenvalue weighted by molar-refractivity contribution is -0.677. The van der Waals surface area contributed by atoms with E-state index in [9.17, 15) is 0 Å².